The minimum atomic E-state index is -0.365. The minimum Gasteiger partial charge on any atom is -0.324 e. The summed E-state index contributed by atoms with van der Waals surface area (Å²) >= 11 is 1.35. The van der Waals surface area contributed by atoms with Gasteiger partial charge in [0.2, 0.25) is 5.91 Å². The lowest BCUT2D eigenvalue weighted by Gasteiger charge is -2.17. The molecule has 0 radical (unpaired) electrons. The summed E-state index contributed by atoms with van der Waals surface area (Å²) in [5.74, 6) is -0.244. The van der Waals surface area contributed by atoms with Crippen molar-refractivity contribution in [3.8, 4) is 0 Å². The summed E-state index contributed by atoms with van der Waals surface area (Å²) in [6, 6.07) is 5.36. The number of rotatable bonds is 4. The molecular weight excluding hydrogens is 312 g/mol. The van der Waals surface area contributed by atoms with Gasteiger partial charge in [-0.15, -0.1) is 11.3 Å². The molecule has 0 aliphatic heterocycles. The second-order valence-electron chi connectivity index (χ2n) is 5.38. The van der Waals surface area contributed by atoms with Crippen LogP contribution in [0.2, 0.25) is 0 Å². The van der Waals surface area contributed by atoms with Gasteiger partial charge in [0.25, 0.3) is 0 Å². The molecule has 2 rings (SSSR count). The lowest BCUT2D eigenvalue weighted by molar-refractivity contribution is -0.116. The van der Waals surface area contributed by atoms with Crippen LogP contribution in [0.25, 0.3) is 0 Å². The van der Waals surface area contributed by atoms with Crippen LogP contribution in [0, 0.1) is 20.8 Å². The molecule has 2 aromatic rings. The Morgan fingerprint density at radius 1 is 1.22 bits per heavy atom. The maximum atomic E-state index is 12.1. The molecule has 0 bridgehead atoms. The van der Waals surface area contributed by atoms with E-state index in [2.05, 4.69) is 15.6 Å². The normalized spacial score (nSPS) is 10.3. The minimum absolute atomic E-state index is 0.0381. The fraction of sp³-hybridized carbons (Fsp3) is 0.312. The van der Waals surface area contributed by atoms with Crippen LogP contribution < -0.4 is 10.6 Å². The van der Waals surface area contributed by atoms with E-state index in [1.165, 1.54) is 16.2 Å². The van der Waals surface area contributed by atoms with Crippen LogP contribution in [0.4, 0.5) is 15.6 Å². The van der Waals surface area contributed by atoms with Gasteiger partial charge in [-0.2, -0.15) is 0 Å². The monoisotopic (exact) mass is 332 g/mol. The topological polar surface area (TPSA) is 74.3 Å². The number of carbonyl (C=O) groups is 2. The number of aromatic nitrogens is 1. The van der Waals surface area contributed by atoms with Crippen molar-refractivity contribution in [1.29, 1.82) is 0 Å². The van der Waals surface area contributed by atoms with Crippen molar-refractivity contribution in [3.05, 3.63) is 40.4 Å². The third-order valence-corrected chi connectivity index (χ3v) is 4.31. The van der Waals surface area contributed by atoms with Gasteiger partial charge in [-0.25, -0.2) is 9.78 Å². The molecule has 122 valence electrons. The average molecular weight is 332 g/mol. The lowest BCUT2D eigenvalue weighted by atomic mass is 10.1. The molecule has 1 aromatic carbocycles. The Kier molecular flexibility index (Phi) is 5.33. The molecular formula is C16H20N4O2S. The molecule has 7 heteroatoms. The number of nitrogens with zero attached hydrogens (tertiary/aromatic N) is 2. The number of hydrogen-bond donors (Lipinski definition) is 2. The highest BCUT2D eigenvalue weighted by atomic mass is 32.1. The van der Waals surface area contributed by atoms with Crippen molar-refractivity contribution in [3.63, 3.8) is 0 Å². The molecule has 0 fully saturated rings. The maximum Gasteiger partial charge on any atom is 0.323 e. The summed E-state index contributed by atoms with van der Waals surface area (Å²) in [7, 11) is 1.57. The largest absolute Gasteiger partial charge is 0.324 e. The zero-order valence-electron chi connectivity index (χ0n) is 13.6. The predicted molar refractivity (Wildman–Crippen MR) is 93.0 cm³/mol. The van der Waals surface area contributed by atoms with E-state index in [-0.39, 0.29) is 18.5 Å². The Bertz CT molecular complexity index is 727. The molecule has 0 aliphatic carbocycles. The molecule has 0 saturated heterocycles. The summed E-state index contributed by atoms with van der Waals surface area (Å²) in [5, 5.41) is 7.87. The van der Waals surface area contributed by atoms with E-state index in [0.717, 1.165) is 22.5 Å². The number of aryl methyl sites for hydroxylation is 2. The zero-order chi connectivity index (χ0) is 17.0. The quantitative estimate of drug-likeness (QED) is 0.903. The Balaban J connectivity index is 1.91. The number of hydrogen-bond acceptors (Lipinski definition) is 4. The van der Waals surface area contributed by atoms with E-state index in [0.29, 0.717) is 5.13 Å². The van der Waals surface area contributed by atoms with Crippen molar-refractivity contribution in [2.75, 3.05) is 24.2 Å². The van der Waals surface area contributed by atoms with Gasteiger partial charge in [0, 0.05) is 18.1 Å². The number of urea groups is 1. The fourth-order valence-electron chi connectivity index (χ4n) is 1.96. The number of benzene rings is 1. The number of amides is 3. The molecule has 3 amide bonds. The van der Waals surface area contributed by atoms with Gasteiger partial charge < -0.3 is 10.2 Å². The van der Waals surface area contributed by atoms with Gasteiger partial charge in [0.05, 0.1) is 5.69 Å². The van der Waals surface area contributed by atoms with Crippen LogP contribution in [0.5, 0.6) is 0 Å². The van der Waals surface area contributed by atoms with E-state index < -0.39 is 0 Å². The van der Waals surface area contributed by atoms with E-state index in [1.807, 2.05) is 44.4 Å². The standard InChI is InChI=1S/C16H20N4O2S/c1-10-6-5-7-13(12(10)3)18-14(21)8-20(4)16(22)19-15-17-11(2)9-23-15/h5-7,9H,8H2,1-4H3,(H,18,21)(H,17,19,22). The molecule has 0 unspecified atom stereocenters. The predicted octanol–water partition coefficient (Wildman–Crippen LogP) is 3.17. The Morgan fingerprint density at radius 2 is 1.96 bits per heavy atom. The van der Waals surface area contributed by atoms with Gasteiger partial charge in [-0.1, -0.05) is 12.1 Å². The fourth-order valence-corrected chi connectivity index (χ4v) is 2.64. The summed E-state index contributed by atoms with van der Waals surface area (Å²) in [6.07, 6.45) is 0. The van der Waals surface area contributed by atoms with Crippen LogP contribution in [-0.4, -0.2) is 35.4 Å². The smallest absolute Gasteiger partial charge is 0.323 e. The highest BCUT2D eigenvalue weighted by Gasteiger charge is 2.15. The Labute approximate surface area is 139 Å². The van der Waals surface area contributed by atoms with E-state index >= 15 is 0 Å². The third kappa shape index (κ3) is 4.53. The molecule has 23 heavy (non-hydrogen) atoms. The van der Waals surface area contributed by atoms with E-state index in [9.17, 15) is 9.59 Å². The number of nitrogens with one attached hydrogen (secondary N) is 2. The average Bonchev–Trinajstić information content (AvgIpc) is 2.89. The van der Waals surface area contributed by atoms with Crippen molar-refractivity contribution in [2.24, 2.45) is 0 Å². The van der Waals surface area contributed by atoms with Gasteiger partial charge in [0.1, 0.15) is 6.54 Å². The molecule has 6 nitrogen and oxygen atoms in total. The van der Waals surface area contributed by atoms with Crippen LogP contribution in [0.1, 0.15) is 16.8 Å². The lowest BCUT2D eigenvalue weighted by Crippen LogP contribution is -2.37. The van der Waals surface area contributed by atoms with E-state index in [1.54, 1.807) is 7.05 Å². The highest BCUT2D eigenvalue weighted by molar-refractivity contribution is 7.13. The maximum absolute atomic E-state index is 12.1. The van der Waals surface area contributed by atoms with Crippen molar-refractivity contribution in [1.82, 2.24) is 9.88 Å². The first kappa shape index (κ1) is 17.0. The molecule has 0 atom stereocenters. The van der Waals surface area contributed by atoms with E-state index in [4.69, 9.17) is 0 Å². The van der Waals surface area contributed by atoms with Crippen molar-refractivity contribution >= 4 is 34.1 Å². The summed E-state index contributed by atoms with van der Waals surface area (Å²) in [6.45, 7) is 5.75. The number of thiazole rings is 1. The number of likely N-dealkylation sites (N-methyl/N-ethyl adjacent to an activating group) is 1. The van der Waals surface area contributed by atoms with Crippen LogP contribution in [-0.2, 0) is 4.79 Å². The second kappa shape index (κ2) is 7.23. The van der Waals surface area contributed by atoms with Crippen molar-refractivity contribution < 1.29 is 9.59 Å². The summed E-state index contributed by atoms with van der Waals surface area (Å²) in [5.41, 5.74) is 3.74. The second-order valence-corrected chi connectivity index (χ2v) is 6.23. The van der Waals surface area contributed by atoms with Crippen LogP contribution in [0.3, 0.4) is 0 Å². The SMILES string of the molecule is Cc1csc(NC(=O)N(C)CC(=O)Nc2cccc(C)c2C)n1. The Hall–Kier alpha value is -2.41. The molecule has 1 heterocycles. The first-order chi connectivity index (χ1) is 10.9. The van der Waals surface area contributed by atoms with Crippen molar-refractivity contribution in [2.45, 2.75) is 20.8 Å². The highest BCUT2D eigenvalue weighted by Crippen LogP contribution is 2.18. The number of anilines is 2. The van der Waals surface area contributed by atoms with Gasteiger partial charge >= 0.3 is 6.03 Å². The first-order valence-electron chi connectivity index (χ1n) is 7.17. The Morgan fingerprint density at radius 3 is 2.61 bits per heavy atom. The third-order valence-electron chi connectivity index (χ3n) is 3.44. The van der Waals surface area contributed by atoms with Gasteiger partial charge in [-0.05, 0) is 38.0 Å². The molecule has 1 aromatic heterocycles. The molecule has 0 spiro atoms. The van der Waals surface area contributed by atoms with Gasteiger partial charge in [0.15, 0.2) is 5.13 Å². The summed E-state index contributed by atoms with van der Waals surface area (Å²) < 4.78 is 0. The number of carbonyl (C=O) groups excluding carboxylic acids is 2. The zero-order valence-corrected chi connectivity index (χ0v) is 14.5. The summed E-state index contributed by atoms with van der Waals surface area (Å²) in [4.78, 5) is 29.6. The molecule has 2 N–H and O–H groups in total. The van der Waals surface area contributed by atoms with Gasteiger partial charge in [-0.3, -0.25) is 10.1 Å². The molecule has 0 aliphatic rings. The van der Waals surface area contributed by atoms with Crippen LogP contribution in [0.15, 0.2) is 23.6 Å². The first-order valence-corrected chi connectivity index (χ1v) is 8.05. The van der Waals surface area contributed by atoms with Crippen LogP contribution >= 0.6 is 11.3 Å². The molecule has 0 saturated carbocycles.